The number of nitrogens with one attached hydrogen (secondary N) is 2. The fourth-order valence-electron chi connectivity index (χ4n) is 2.25. The van der Waals surface area contributed by atoms with Gasteiger partial charge in [-0.25, -0.2) is 9.97 Å². The first-order valence-electron chi connectivity index (χ1n) is 7.32. The van der Waals surface area contributed by atoms with Crippen LogP contribution in [0, 0.1) is 13.8 Å². The highest BCUT2D eigenvalue weighted by atomic mass is 79.9. The van der Waals surface area contributed by atoms with E-state index in [9.17, 15) is 0 Å². The summed E-state index contributed by atoms with van der Waals surface area (Å²) in [4.78, 5) is 8.91. The van der Waals surface area contributed by atoms with Crippen LogP contribution in [0.3, 0.4) is 0 Å². The monoisotopic (exact) mass is 368 g/mol. The Hall–Kier alpha value is -2.40. The van der Waals surface area contributed by atoms with Crippen LogP contribution in [0.25, 0.3) is 0 Å². The highest BCUT2D eigenvalue weighted by Gasteiger charge is 2.06. The van der Waals surface area contributed by atoms with Crippen LogP contribution in [0.15, 0.2) is 59.1 Å². The topological polar surface area (TPSA) is 49.8 Å². The highest BCUT2D eigenvalue weighted by molar-refractivity contribution is 9.10. The lowest BCUT2D eigenvalue weighted by Gasteiger charge is -2.12. The number of hydrogen-bond donors (Lipinski definition) is 2. The van der Waals surface area contributed by atoms with Crippen molar-refractivity contribution in [2.45, 2.75) is 13.8 Å². The summed E-state index contributed by atoms with van der Waals surface area (Å²) in [5.74, 6) is 2.22. The van der Waals surface area contributed by atoms with E-state index in [1.807, 2.05) is 55.5 Å². The van der Waals surface area contributed by atoms with Gasteiger partial charge >= 0.3 is 0 Å². The number of nitrogens with zero attached hydrogens (tertiary/aromatic N) is 2. The number of halogens is 1. The summed E-state index contributed by atoms with van der Waals surface area (Å²) in [5, 5.41) is 6.67. The molecule has 23 heavy (non-hydrogen) atoms. The quantitative estimate of drug-likeness (QED) is 0.652. The zero-order valence-corrected chi connectivity index (χ0v) is 14.6. The van der Waals surface area contributed by atoms with E-state index in [1.54, 1.807) is 0 Å². The Morgan fingerprint density at radius 3 is 2.00 bits per heavy atom. The van der Waals surface area contributed by atoms with Crippen molar-refractivity contribution in [2.75, 3.05) is 10.6 Å². The van der Waals surface area contributed by atoms with Crippen LogP contribution in [-0.2, 0) is 0 Å². The predicted octanol–water partition coefficient (Wildman–Crippen LogP) is 5.34. The van der Waals surface area contributed by atoms with Crippen LogP contribution in [0.1, 0.15) is 11.4 Å². The molecule has 0 spiro atoms. The molecule has 1 aromatic heterocycles. The van der Waals surface area contributed by atoms with E-state index in [2.05, 4.69) is 49.5 Å². The van der Waals surface area contributed by atoms with E-state index in [-0.39, 0.29) is 0 Å². The molecular weight excluding hydrogens is 352 g/mol. The second kappa shape index (κ2) is 6.79. The standard InChI is InChI=1S/C18H17BrN4/c1-12-7-3-5-9-15(12)22-17-11-18(21-13(2)20-17)23-16-10-6-4-8-14(16)19/h3-11H,1-2H3,(H2,20,21,22,23). The molecule has 0 radical (unpaired) electrons. The third kappa shape index (κ3) is 3.87. The van der Waals surface area contributed by atoms with Crippen LogP contribution in [0.5, 0.6) is 0 Å². The van der Waals surface area contributed by atoms with Gasteiger partial charge in [0.25, 0.3) is 0 Å². The Bertz CT molecular complexity index is 767. The number of para-hydroxylation sites is 2. The third-order valence-corrected chi connectivity index (χ3v) is 4.07. The van der Waals surface area contributed by atoms with Crippen molar-refractivity contribution in [1.29, 1.82) is 0 Å². The van der Waals surface area contributed by atoms with Gasteiger partial charge in [0.15, 0.2) is 0 Å². The summed E-state index contributed by atoms with van der Waals surface area (Å²) >= 11 is 3.53. The van der Waals surface area contributed by atoms with Crippen molar-refractivity contribution in [3.8, 4) is 0 Å². The molecule has 3 aromatic rings. The van der Waals surface area contributed by atoms with Crippen LogP contribution in [-0.4, -0.2) is 9.97 Å². The molecule has 0 saturated heterocycles. The van der Waals surface area contributed by atoms with Gasteiger partial charge in [0.05, 0.1) is 5.69 Å². The van der Waals surface area contributed by atoms with Crippen molar-refractivity contribution in [3.63, 3.8) is 0 Å². The van der Waals surface area contributed by atoms with Crippen molar-refractivity contribution >= 4 is 38.9 Å². The number of aromatic nitrogens is 2. The molecule has 116 valence electrons. The van der Waals surface area contributed by atoms with E-state index in [0.29, 0.717) is 5.82 Å². The SMILES string of the molecule is Cc1nc(Nc2ccccc2C)cc(Nc2ccccc2Br)n1. The lowest BCUT2D eigenvalue weighted by Crippen LogP contribution is -2.02. The van der Waals surface area contributed by atoms with Gasteiger partial charge in [-0.3, -0.25) is 0 Å². The first-order valence-corrected chi connectivity index (χ1v) is 8.11. The Kier molecular flexibility index (Phi) is 4.57. The van der Waals surface area contributed by atoms with Crippen molar-refractivity contribution in [2.24, 2.45) is 0 Å². The Morgan fingerprint density at radius 1 is 0.783 bits per heavy atom. The molecule has 0 bridgehead atoms. The van der Waals surface area contributed by atoms with E-state index in [1.165, 1.54) is 5.56 Å². The lowest BCUT2D eigenvalue weighted by molar-refractivity contribution is 1.06. The fourth-order valence-corrected chi connectivity index (χ4v) is 2.63. The molecule has 5 heteroatoms. The Labute approximate surface area is 144 Å². The van der Waals surface area contributed by atoms with Crippen LogP contribution >= 0.6 is 15.9 Å². The lowest BCUT2D eigenvalue weighted by atomic mass is 10.2. The highest BCUT2D eigenvalue weighted by Crippen LogP contribution is 2.26. The molecule has 0 aliphatic heterocycles. The van der Waals surface area contributed by atoms with E-state index in [0.717, 1.165) is 27.5 Å². The van der Waals surface area contributed by atoms with Gasteiger partial charge in [-0.1, -0.05) is 30.3 Å². The first kappa shape index (κ1) is 15.5. The van der Waals surface area contributed by atoms with Crippen LogP contribution in [0.4, 0.5) is 23.0 Å². The number of anilines is 4. The average molecular weight is 369 g/mol. The van der Waals surface area contributed by atoms with Crippen molar-refractivity contribution < 1.29 is 0 Å². The Balaban J connectivity index is 1.88. The molecule has 0 aliphatic carbocycles. The third-order valence-electron chi connectivity index (χ3n) is 3.38. The van der Waals surface area contributed by atoms with Crippen molar-refractivity contribution in [3.05, 3.63) is 70.5 Å². The molecule has 3 rings (SSSR count). The minimum atomic E-state index is 0.707. The number of aryl methyl sites for hydroxylation is 2. The maximum absolute atomic E-state index is 4.46. The minimum Gasteiger partial charge on any atom is -0.340 e. The van der Waals surface area contributed by atoms with Gasteiger partial charge in [-0.2, -0.15) is 0 Å². The molecule has 0 unspecified atom stereocenters. The van der Waals surface area contributed by atoms with Gasteiger partial charge in [0.2, 0.25) is 0 Å². The molecule has 0 amide bonds. The summed E-state index contributed by atoms with van der Waals surface area (Å²) in [6.07, 6.45) is 0. The summed E-state index contributed by atoms with van der Waals surface area (Å²) in [6, 6.07) is 18.0. The molecule has 0 atom stereocenters. The second-order valence-electron chi connectivity index (χ2n) is 5.23. The number of hydrogen-bond acceptors (Lipinski definition) is 4. The van der Waals surface area contributed by atoms with E-state index < -0.39 is 0 Å². The van der Waals surface area contributed by atoms with Gasteiger partial charge < -0.3 is 10.6 Å². The molecule has 0 saturated carbocycles. The smallest absolute Gasteiger partial charge is 0.136 e. The molecule has 1 heterocycles. The maximum atomic E-state index is 4.46. The maximum Gasteiger partial charge on any atom is 0.136 e. The summed E-state index contributed by atoms with van der Waals surface area (Å²) < 4.78 is 0.990. The second-order valence-corrected chi connectivity index (χ2v) is 6.08. The number of benzene rings is 2. The average Bonchev–Trinajstić information content (AvgIpc) is 2.51. The normalized spacial score (nSPS) is 10.4. The molecule has 2 aromatic carbocycles. The summed E-state index contributed by atoms with van der Waals surface area (Å²) in [7, 11) is 0. The zero-order valence-electron chi connectivity index (χ0n) is 13.0. The van der Waals surface area contributed by atoms with Gasteiger partial charge in [-0.05, 0) is 53.5 Å². The summed E-state index contributed by atoms with van der Waals surface area (Å²) in [6.45, 7) is 3.95. The largest absolute Gasteiger partial charge is 0.340 e. The molecule has 0 aliphatic rings. The number of rotatable bonds is 4. The molecule has 0 fully saturated rings. The zero-order chi connectivity index (χ0) is 16.2. The van der Waals surface area contributed by atoms with E-state index >= 15 is 0 Å². The first-order chi connectivity index (χ1) is 11.1. The van der Waals surface area contributed by atoms with Crippen LogP contribution < -0.4 is 10.6 Å². The Morgan fingerprint density at radius 2 is 1.35 bits per heavy atom. The minimum absolute atomic E-state index is 0.707. The van der Waals surface area contributed by atoms with Gasteiger partial charge in [0, 0.05) is 16.2 Å². The predicted molar refractivity (Wildman–Crippen MR) is 98.7 cm³/mol. The van der Waals surface area contributed by atoms with Gasteiger partial charge in [0.1, 0.15) is 17.5 Å². The summed E-state index contributed by atoms with van der Waals surface area (Å²) in [5.41, 5.74) is 3.17. The molecular formula is C18H17BrN4. The van der Waals surface area contributed by atoms with E-state index in [4.69, 9.17) is 0 Å². The van der Waals surface area contributed by atoms with Crippen molar-refractivity contribution in [1.82, 2.24) is 9.97 Å². The molecule has 2 N–H and O–H groups in total. The van der Waals surface area contributed by atoms with Gasteiger partial charge in [-0.15, -0.1) is 0 Å². The van der Waals surface area contributed by atoms with Crippen LogP contribution in [0.2, 0.25) is 0 Å². The molecule has 4 nitrogen and oxygen atoms in total. The fraction of sp³-hybridized carbons (Fsp3) is 0.111.